The highest BCUT2D eigenvalue weighted by Crippen LogP contribution is 2.35. The summed E-state index contributed by atoms with van der Waals surface area (Å²) >= 11 is 0. The molecule has 0 unspecified atom stereocenters. The van der Waals surface area contributed by atoms with Gasteiger partial charge in [-0.15, -0.1) is 0 Å². The highest BCUT2D eigenvalue weighted by atomic mass is 19.4. The van der Waals surface area contributed by atoms with E-state index in [1.165, 1.54) is 0 Å². The molecule has 0 aromatic carbocycles. The van der Waals surface area contributed by atoms with E-state index < -0.39 is 12.6 Å². The zero-order valence-corrected chi connectivity index (χ0v) is 13.2. The Bertz CT molecular complexity index is 326. The van der Waals surface area contributed by atoms with Gasteiger partial charge in [0, 0.05) is 12.8 Å². The zero-order chi connectivity index (χ0) is 16.0. The van der Waals surface area contributed by atoms with Crippen molar-refractivity contribution in [1.29, 1.82) is 0 Å². The molecule has 3 atom stereocenters. The Labute approximate surface area is 125 Å². The lowest BCUT2D eigenvalue weighted by Gasteiger charge is -2.36. The van der Waals surface area contributed by atoms with Crippen LogP contribution in [0.1, 0.15) is 65.7 Å². The molecule has 0 amide bonds. The third kappa shape index (κ3) is 7.18. The molecule has 0 spiro atoms. The van der Waals surface area contributed by atoms with Crippen LogP contribution in [0.25, 0.3) is 0 Å². The second-order valence-corrected chi connectivity index (χ2v) is 6.68. The van der Waals surface area contributed by atoms with Crippen LogP contribution in [0, 0.1) is 17.8 Å². The summed E-state index contributed by atoms with van der Waals surface area (Å²) < 4.78 is 41.6. The lowest BCUT2D eigenvalue weighted by Crippen LogP contribution is -2.35. The number of carbonyl (C=O) groups is 1. The van der Waals surface area contributed by atoms with Crippen LogP contribution in [0.3, 0.4) is 0 Å². The minimum absolute atomic E-state index is 0.00667. The number of halogens is 3. The van der Waals surface area contributed by atoms with E-state index in [-0.39, 0.29) is 31.3 Å². The largest absolute Gasteiger partial charge is 0.462 e. The molecule has 0 bridgehead atoms. The van der Waals surface area contributed by atoms with E-state index in [1.807, 2.05) is 0 Å². The molecule has 1 saturated carbocycles. The van der Waals surface area contributed by atoms with Crippen LogP contribution < -0.4 is 0 Å². The summed E-state index contributed by atoms with van der Waals surface area (Å²) in [6, 6.07) is 0. The monoisotopic (exact) mass is 308 g/mol. The van der Waals surface area contributed by atoms with Gasteiger partial charge in [0.2, 0.25) is 0 Å². The predicted molar refractivity (Wildman–Crippen MR) is 75.7 cm³/mol. The van der Waals surface area contributed by atoms with E-state index in [0.29, 0.717) is 17.8 Å². The standard InChI is InChI=1S/C16H27F3O2/c1-11(2)13-8-7-12(3)10-14(13)21-15(20)6-4-5-9-16(17,18)19/h11-14H,4-10H2,1-3H3/t12-,13+,14-/m1/s1. The van der Waals surface area contributed by atoms with Gasteiger partial charge in [-0.05, 0) is 43.4 Å². The van der Waals surface area contributed by atoms with Gasteiger partial charge in [0.05, 0.1) is 0 Å². The molecular formula is C16H27F3O2. The van der Waals surface area contributed by atoms with E-state index in [9.17, 15) is 18.0 Å². The Kier molecular flexibility index (Phi) is 7.01. The summed E-state index contributed by atoms with van der Waals surface area (Å²) in [6.07, 6.45) is -1.61. The SMILES string of the molecule is CC(C)[C@@H]1CC[C@@H](C)C[C@H]1OC(=O)CCCCC(F)(F)F. The fraction of sp³-hybridized carbons (Fsp3) is 0.938. The fourth-order valence-electron chi connectivity index (χ4n) is 3.07. The van der Waals surface area contributed by atoms with E-state index in [1.54, 1.807) is 0 Å². The maximum atomic E-state index is 12.0. The van der Waals surface area contributed by atoms with Gasteiger partial charge in [0.1, 0.15) is 6.10 Å². The van der Waals surface area contributed by atoms with Gasteiger partial charge in [-0.2, -0.15) is 13.2 Å². The lowest BCUT2D eigenvalue weighted by atomic mass is 9.75. The van der Waals surface area contributed by atoms with Crippen molar-refractivity contribution in [3.05, 3.63) is 0 Å². The molecule has 1 aliphatic carbocycles. The second kappa shape index (κ2) is 8.04. The summed E-state index contributed by atoms with van der Waals surface area (Å²) in [5, 5.41) is 0. The average molecular weight is 308 g/mol. The summed E-state index contributed by atoms with van der Waals surface area (Å²) in [5.41, 5.74) is 0. The number of hydrogen-bond acceptors (Lipinski definition) is 2. The molecule has 0 aromatic heterocycles. The van der Waals surface area contributed by atoms with Crippen molar-refractivity contribution in [3.63, 3.8) is 0 Å². The van der Waals surface area contributed by atoms with Crippen molar-refractivity contribution in [2.24, 2.45) is 17.8 Å². The molecule has 0 radical (unpaired) electrons. The first kappa shape index (κ1) is 18.3. The van der Waals surface area contributed by atoms with Gasteiger partial charge in [-0.3, -0.25) is 4.79 Å². The Morgan fingerprint density at radius 1 is 1.24 bits per heavy atom. The molecule has 0 heterocycles. The maximum absolute atomic E-state index is 12.0. The smallest absolute Gasteiger partial charge is 0.389 e. The van der Waals surface area contributed by atoms with Gasteiger partial charge in [0.25, 0.3) is 0 Å². The van der Waals surface area contributed by atoms with Crippen molar-refractivity contribution in [2.75, 3.05) is 0 Å². The molecule has 1 rings (SSSR count). The number of unbranched alkanes of at least 4 members (excludes halogenated alkanes) is 1. The minimum atomic E-state index is -4.13. The fourth-order valence-corrected chi connectivity index (χ4v) is 3.07. The zero-order valence-electron chi connectivity index (χ0n) is 13.2. The molecule has 124 valence electrons. The summed E-state index contributed by atoms with van der Waals surface area (Å²) in [5.74, 6) is 1.03. The number of hydrogen-bond donors (Lipinski definition) is 0. The van der Waals surface area contributed by atoms with E-state index in [4.69, 9.17) is 4.74 Å². The van der Waals surface area contributed by atoms with Crippen LogP contribution in [0.4, 0.5) is 13.2 Å². The molecule has 1 aliphatic rings. The first-order valence-electron chi connectivity index (χ1n) is 7.95. The second-order valence-electron chi connectivity index (χ2n) is 6.68. The molecule has 0 aromatic rings. The van der Waals surface area contributed by atoms with Crippen LogP contribution in [-0.2, 0) is 9.53 Å². The topological polar surface area (TPSA) is 26.3 Å². The Hall–Kier alpha value is -0.740. The number of alkyl halides is 3. The van der Waals surface area contributed by atoms with Crippen LogP contribution in [-0.4, -0.2) is 18.2 Å². The van der Waals surface area contributed by atoms with Crippen molar-refractivity contribution < 1.29 is 22.7 Å². The van der Waals surface area contributed by atoms with Gasteiger partial charge >= 0.3 is 12.1 Å². The van der Waals surface area contributed by atoms with Gasteiger partial charge in [-0.25, -0.2) is 0 Å². The van der Waals surface area contributed by atoms with E-state index >= 15 is 0 Å². The van der Waals surface area contributed by atoms with Gasteiger partial charge in [0.15, 0.2) is 0 Å². The number of rotatable bonds is 6. The predicted octanol–water partition coefficient (Wildman–Crippen LogP) is 5.11. The molecule has 5 heteroatoms. The normalized spacial score (nSPS) is 26.9. The molecule has 0 saturated heterocycles. The Balaban J connectivity index is 2.34. The summed E-state index contributed by atoms with van der Waals surface area (Å²) in [6.45, 7) is 6.41. The van der Waals surface area contributed by atoms with Crippen LogP contribution in [0.2, 0.25) is 0 Å². The molecule has 0 aliphatic heterocycles. The van der Waals surface area contributed by atoms with Crippen molar-refractivity contribution in [2.45, 2.75) is 78.0 Å². The Morgan fingerprint density at radius 3 is 2.48 bits per heavy atom. The molecule has 21 heavy (non-hydrogen) atoms. The quantitative estimate of drug-likeness (QED) is 0.503. The third-order valence-electron chi connectivity index (χ3n) is 4.34. The van der Waals surface area contributed by atoms with Crippen molar-refractivity contribution >= 4 is 5.97 Å². The number of esters is 1. The molecule has 2 nitrogen and oxygen atoms in total. The van der Waals surface area contributed by atoms with Crippen molar-refractivity contribution in [3.8, 4) is 0 Å². The third-order valence-corrected chi connectivity index (χ3v) is 4.34. The summed E-state index contributed by atoms with van der Waals surface area (Å²) in [7, 11) is 0. The molecule has 0 N–H and O–H groups in total. The summed E-state index contributed by atoms with van der Waals surface area (Å²) in [4.78, 5) is 11.8. The van der Waals surface area contributed by atoms with Crippen LogP contribution >= 0.6 is 0 Å². The first-order chi connectivity index (χ1) is 9.69. The number of carbonyl (C=O) groups excluding carboxylic acids is 1. The molecule has 1 fully saturated rings. The first-order valence-corrected chi connectivity index (χ1v) is 7.95. The van der Waals surface area contributed by atoms with Crippen LogP contribution in [0.15, 0.2) is 0 Å². The molecular weight excluding hydrogens is 281 g/mol. The van der Waals surface area contributed by atoms with E-state index in [2.05, 4.69) is 20.8 Å². The Morgan fingerprint density at radius 2 is 1.90 bits per heavy atom. The van der Waals surface area contributed by atoms with Gasteiger partial charge in [-0.1, -0.05) is 27.2 Å². The van der Waals surface area contributed by atoms with E-state index in [0.717, 1.165) is 19.3 Å². The maximum Gasteiger partial charge on any atom is 0.389 e. The average Bonchev–Trinajstić information content (AvgIpc) is 2.33. The minimum Gasteiger partial charge on any atom is -0.462 e. The van der Waals surface area contributed by atoms with Crippen molar-refractivity contribution in [1.82, 2.24) is 0 Å². The highest BCUT2D eigenvalue weighted by molar-refractivity contribution is 5.69. The number of ether oxygens (including phenoxy) is 1. The van der Waals surface area contributed by atoms with Crippen LogP contribution in [0.5, 0.6) is 0 Å². The van der Waals surface area contributed by atoms with Gasteiger partial charge < -0.3 is 4.74 Å². The highest BCUT2D eigenvalue weighted by Gasteiger charge is 2.33. The lowest BCUT2D eigenvalue weighted by molar-refractivity contribution is -0.157.